The zero-order valence-electron chi connectivity index (χ0n) is 16.4. The van der Waals surface area contributed by atoms with Crippen molar-refractivity contribution < 1.29 is 27.4 Å². The highest BCUT2D eigenvalue weighted by atomic mass is 32.2. The van der Waals surface area contributed by atoms with E-state index in [1.165, 1.54) is 26.4 Å². The van der Waals surface area contributed by atoms with Gasteiger partial charge in [0.15, 0.2) is 0 Å². The average Bonchev–Trinajstić information content (AvgIpc) is 2.75. The van der Waals surface area contributed by atoms with Gasteiger partial charge in [0.2, 0.25) is 5.91 Å². The quantitative estimate of drug-likeness (QED) is 0.735. The van der Waals surface area contributed by atoms with E-state index in [0.29, 0.717) is 37.7 Å². The smallest absolute Gasteiger partial charge is 0.265 e. The van der Waals surface area contributed by atoms with Gasteiger partial charge in [0, 0.05) is 24.8 Å². The van der Waals surface area contributed by atoms with Crippen molar-refractivity contribution >= 4 is 21.6 Å². The lowest BCUT2D eigenvalue weighted by atomic mass is 10.1. The first-order chi connectivity index (χ1) is 13.9. The van der Waals surface area contributed by atoms with E-state index in [1.807, 2.05) is 0 Å². The van der Waals surface area contributed by atoms with Crippen LogP contribution < -0.4 is 14.2 Å². The fraction of sp³-hybridized carbons (Fsp3) is 0.350. The van der Waals surface area contributed by atoms with Crippen LogP contribution in [0.2, 0.25) is 0 Å². The van der Waals surface area contributed by atoms with Crippen molar-refractivity contribution in [2.24, 2.45) is 0 Å². The molecule has 1 heterocycles. The number of morpholine rings is 1. The second-order valence-electron chi connectivity index (χ2n) is 6.49. The van der Waals surface area contributed by atoms with Crippen LogP contribution in [0.15, 0.2) is 47.4 Å². The predicted octanol–water partition coefficient (Wildman–Crippen LogP) is 1.91. The van der Waals surface area contributed by atoms with E-state index in [1.54, 1.807) is 35.2 Å². The SMILES string of the molecule is COc1ccc(OC)c(S(=O)(=O)Nc2ccc(CC(=O)N3CCOCC3)cc2)c1. The van der Waals surface area contributed by atoms with Crippen LogP contribution in [-0.2, 0) is 26.0 Å². The molecule has 0 radical (unpaired) electrons. The third kappa shape index (κ3) is 5.18. The average molecular weight is 420 g/mol. The monoisotopic (exact) mass is 420 g/mol. The van der Waals surface area contributed by atoms with Gasteiger partial charge in [-0.25, -0.2) is 8.42 Å². The standard InChI is InChI=1S/C20H24N2O6S/c1-26-17-7-8-18(27-2)19(14-17)29(24,25)21-16-5-3-15(4-6-16)13-20(23)22-9-11-28-12-10-22/h3-8,14,21H,9-13H2,1-2H3. The lowest BCUT2D eigenvalue weighted by Gasteiger charge is -2.26. The van der Waals surface area contributed by atoms with Crippen LogP contribution >= 0.6 is 0 Å². The third-order valence-electron chi connectivity index (χ3n) is 4.59. The summed E-state index contributed by atoms with van der Waals surface area (Å²) < 4.78 is 43.7. The van der Waals surface area contributed by atoms with Crippen molar-refractivity contribution in [3.05, 3.63) is 48.0 Å². The van der Waals surface area contributed by atoms with Gasteiger partial charge in [0.25, 0.3) is 10.0 Å². The van der Waals surface area contributed by atoms with Gasteiger partial charge < -0.3 is 19.1 Å². The Morgan fingerprint density at radius 2 is 1.76 bits per heavy atom. The Morgan fingerprint density at radius 3 is 2.38 bits per heavy atom. The fourth-order valence-corrected chi connectivity index (χ4v) is 4.24. The molecule has 9 heteroatoms. The van der Waals surface area contributed by atoms with Gasteiger partial charge in [0.05, 0.1) is 33.9 Å². The number of nitrogens with one attached hydrogen (secondary N) is 1. The van der Waals surface area contributed by atoms with Crippen LogP contribution in [0.4, 0.5) is 5.69 Å². The number of benzene rings is 2. The Hall–Kier alpha value is -2.78. The summed E-state index contributed by atoms with van der Waals surface area (Å²) in [6.45, 7) is 2.30. The first-order valence-corrected chi connectivity index (χ1v) is 10.6. The number of carbonyl (C=O) groups is 1. The fourth-order valence-electron chi connectivity index (χ4n) is 2.99. The number of methoxy groups -OCH3 is 2. The third-order valence-corrected chi connectivity index (χ3v) is 5.99. The molecule has 2 aromatic rings. The van der Waals surface area contributed by atoms with Gasteiger partial charge in [-0.05, 0) is 29.8 Å². The van der Waals surface area contributed by atoms with E-state index < -0.39 is 10.0 Å². The lowest BCUT2D eigenvalue weighted by Crippen LogP contribution is -2.41. The molecule has 1 aliphatic heterocycles. The molecule has 156 valence electrons. The molecular weight excluding hydrogens is 396 g/mol. The van der Waals surface area contributed by atoms with E-state index in [0.717, 1.165) is 5.56 Å². The molecule has 1 aliphatic rings. The molecule has 3 rings (SSSR count). The lowest BCUT2D eigenvalue weighted by molar-refractivity contribution is -0.134. The highest BCUT2D eigenvalue weighted by Gasteiger charge is 2.21. The molecule has 2 aromatic carbocycles. The van der Waals surface area contributed by atoms with Crippen molar-refractivity contribution in [1.29, 1.82) is 0 Å². The summed E-state index contributed by atoms with van der Waals surface area (Å²) in [7, 11) is -1.02. The molecular formula is C20H24N2O6S. The zero-order chi connectivity index (χ0) is 20.9. The molecule has 0 saturated carbocycles. The molecule has 0 aliphatic carbocycles. The van der Waals surface area contributed by atoms with Crippen LogP contribution in [0.3, 0.4) is 0 Å². The number of sulfonamides is 1. The predicted molar refractivity (Wildman–Crippen MR) is 108 cm³/mol. The van der Waals surface area contributed by atoms with Gasteiger partial charge in [-0.3, -0.25) is 9.52 Å². The minimum absolute atomic E-state index is 0.0223. The highest BCUT2D eigenvalue weighted by Crippen LogP contribution is 2.29. The first kappa shape index (κ1) is 20.9. The number of ether oxygens (including phenoxy) is 3. The molecule has 29 heavy (non-hydrogen) atoms. The number of carbonyl (C=O) groups excluding carboxylic acids is 1. The van der Waals surface area contributed by atoms with Crippen molar-refractivity contribution in [2.75, 3.05) is 45.2 Å². The maximum absolute atomic E-state index is 12.8. The van der Waals surface area contributed by atoms with Crippen molar-refractivity contribution in [3.8, 4) is 11.5 Å². The molecule has 0 bridgehead atoms. The topological polar surface area (TPSA) is 94.2 Å². The summed E-state index contributed by atoms with van der Waals surface area (Å²) in [6.07, 6.45) is 0.261. The maximum atomic E-state index is 12.8. The molecule has 0 spiro atoms. The van der Waals surface area contributed by atoms with Crippen LogP contribution in [0.1, 0.15) is 5.56 Å². The summed E-state index contributed by atoms with van der Waals surface area (Å²) >= 11 is 0. The van der Waals surface area contributed by atoms with Gasteiger partial charge in [-0.15, -0.1) is 0 Å². The largest absolute Gasteiger partial charge is 0.497 e. The summed E-state index contributed by atoms with van der Waals surface area (Å²) in [4.78, 5) is 14.1. The van der Waals surface area contributed by atoms with E-state index in [4.69, 9.17) is 14.2 Å². The van der Waals surface area contributed by atoms with Crippen LogP contribution in [0, 0.1) is 0 Å². The van der Waals surface area contributed by atoms with Crippen LogP contribution in [0.25, 0.3) is 0 Å². The minimum Gasteiger partial charge on any atom is -0.497 e. The number of nitrogens with zero attached hydrogens (tertiary/aromatic N) is 1. The molecule has 0 aromatic heterocycles. The highest BCUT2D eigenvalue weighted by molar-refractivity contribution is 7.92. The van der Waals surface area contributed by atoms with Gasteiger partial charge in [-0.2, -0.15) is 0 Å². The molecule has 1 N–H and O–H groups in total. The Labute approximate surface area is 170 Å². The Kier molecular flexibility index (Phi) is 6.60. The second-order valence-corrected chi connectivity index (χ2v) is 8.14. The maximum Gasteiger partial charge on any atom is 0.265 e. The first-order valence-electron chi connectivity index (χ1n) is 9.12. The zero-order valence-corrected chi connectivity index (χ0v) is 17.2. The minimum atomic E-state index is -3.89. The molecule has 1 fully saturated rings. The van der Waals surface area contributed by atoms with Crippen molar-refractivity contribution in [3.63, 3.8) is 0 Å². The van der Waals surface area contributed by atoms with Crippen LogP contribution in [-0.4, -0.2) is 59.7 Å². The molecule has 0 unspecified atom stereocenters. The number of hydrogen-bond donors (Lipinski definition) is 1. The van der Waals surface area contributed by atoms with Gasteiger partial charge in [0.1, 0.15) is 16.4 Å². The molecule has 8 nitrogen and oxygen atoms in total. The normalized spacial score (nSPS) is 14.3. The Bertz CT molecular complexity index is 953. The molecule has 1 saturated heterocycles. The Balaban J connectivity index is 1.71. The number of amides is 1. The van der Waals surface area contributed by atoms with Crippen molar-refractivity contribution in [2.45, 2.75) is 11.3 Å². The summed E-state index contributed by atoms with van der Waals surface area (Å²) in [5.74, 6) is 0.650. The van der Waals surface area contributed by atoms with E-state index in [-0.39, 0.29) is 23.0 Å². The van der Waals surface area contributed by atoms with E-state index in [9.17, 15) is 13.2 Å². The Morgan fingerprint density at radius 1 is 1.07 bits per heavy atom. The van der Waals surface area contributed by atoms with Gasteiger partial charge in [-0.1, -0.05) is 12.1 Å². The number of hydrogen-bond acceptors (Lipinski definition) is 6. The number of rotatable bonds is 7. The summed E-state index contributed by atoms with van der Waals surface area (Å²) in [6, 6.07) is 11.3. The summed E-state index contributed by atoms with van der Waals surface area (Å²) in [5, 5.41) is 0. The molecule has 0 atom stereocenters. The number of anilines is 1. The van der Waals surface area contributed by atoms with E-state index >= 15 is 0 Å². The second kappa shape index (κ2) is 9.15. The van der Waals surface area contributed by atoms with Gasteiger partial charge >= 0.3 is 0 Å². The van der Waals surface area contributed by atoms with Crippen LogP contribution in [0.5, 0.6) is 11.5 Å². The van der Waals surface area contributed by atoms with Crippen molar-refractivity contribution in [1.82, 2.24) is 4.90 Å². The molecule has 1 amide bonds. The summed E-state index contributed by atoms with van der Waals surface area (Å²) in [5.41, 5.74) is 1.20. The van der Waals surface area contributed by atoms with E-state index in [2.05, 4.69) is 4.72 Å².